The van der Waals surface area contributed by atoms with E-state index in [1.807, 2.05) is 48.5 Å². The van der Waals surface area contributed by atoms with E-state index in [0.29, 0.717) is 39.7 Å². The molecular formula is C21H18Cl3NO2. The molecule has 0 aromatic heterocycles. The third kappa shape index (κ3) is 5.01. The van der Waals surface area contributed by atoms with Crippen LogP contribution in [0.5, 0.6) is 11.5 Å². The first-order valence-corrected chi connectivity index (χ1v) is 9.43. The molecule has 0 unspecified atom stereocenters. The molecule has 0 radical (unpaired) electrons. The lowest BCUT2D eigenvalue weighted by atomic mass is 10.1. The minimum absolute atomic E-state index is 0.347. The van der Waals surface area contributed by atoms with Crippen LogP contribution in [-0.4, -0.2) is 7.11 Å². The van der Waals surface area contributed by atoms with E-state index in [0.717, 1.165) is 16.8 Å². The molecular weight excluding hydrogens is 405 g/mol. The van der Waals surface area contributed by atoms with Crippen molar-refractivity contribution in [3.63, 3.8) is 0 Å². The first-order valence-electron chi connectivity index (χ1n) is 8.29. The molecule has 0 bridgehead atoms. The maximum absolute atomic E-state index is 6.23. The summed E-state index contributed by atoms with van der Waals surface area (Å²) in [6, 6.07) is 18.8. The summed E-state index contributed by atoms with van der Waals surface area (Å²) in [5.41, 5.74) is 2.73. The SMILES string of the molecule is COc1cccc(CNc2ccc(Cl)c(Cl)c2)c1OCc1ccccc1Cl. The van der Waals surface area contributed by atoms with E-state index in [1.165, 1.54) is 0 Å². The Bertz CT molecular complexity index is 931. The summed E-state index contributed by atoms with van der Waals surface area (Å²) in [7, 11) is 1.62. The van der Waals surface area contributed by atoms with E-state index in [2.05, 4.69) is 5.32 Å². The van der Waals surface area contributed by atoms with Crippen molar-refractivity contribution >= 4 is 40.5 Å². The fraction of sp³-hybridized carbons (Fsp3) is 0.143. The molecule has 3 aromatic carbocycles. The number of para-hydroxylation sites is 1. The van der Waals surface area contributed by atoms with Gasteiger partial charge >= 0.3 is 0 Å². The molecule has 1 N–H and O–H groups in total. The predicted molar refractivity (Wildman–Crippen MR) is 113 cm³/mol. The van der Waals surface area contributed by atoms with E-state index in [-0.39, 0.29) is 0 Å². The fourth-order valence-corrected chi connectivity index (χ4v) is 3.08. The highest BCUT2D eigenvalue weighted by atomic mass is 35.5. The zero-order valence-corrected chi connectivity index (χ0v) is 16.9. The molecule has 27 heavy (non-hydrogen) atoms. The second kappa shape index (κ2) is 9.23. The lowest BCUT2D eigenvalue weighted by molar-refractivity contribution is 0.282. The summed E-state index contributed by atoms with van der Waals surface area (Å²) in [4.78, 5) is 0. The van der Waals surface area contributed by atoms with Crippen molar-refractivity contribution < 1.29 is 9.47 Å². The van der Waals surface area contributed by atoms with Gasteiger partial charge in [-0.25, -0.2) is 0 Å². The molecule has 0 aliphatic carbocycles. The number of rotatable bonds is 7. The Balaban J connectivity index is 1.78. The average molecular weight is 423 g/mol. The van der Waals surface area contributed by atoms with Crippen LogP contribution >= 0.6 is 34.8 Å². The van der Waals surface area contributed by atoms with Gasteiger partial charge in [-0.05, 0) is 30.3 Å². The van der Waals surface area contributed by atoms with Crippen molar-refractivity contribution in [1.82, 2.24) is 0 Å². The van der Waals surface area contributed by atoms with E-state index in [9.17, 15) is 0 Å². The van der Waals surface area contributed by atoms with Gasteiger partial charge in [0.1, 0.15) is 6.61 Å². The minimum atomic E-state index is 0.347. The van der Waals surface area contributed by atoms with Gasteiger partial charge in [0, 0.05) is 28.4 Å². The van der Waals surface area contributed by atoms with E-state index in [4.69, 9.17) is 44.3 Å². The number of halogens is 3. The number of benzene rings is 3. The summed E-state index contributed by atoms with van der Waals surface area (Å²) in [6.45, 7) is 0.882. The normalized spacial score (nSPS) is 10.5. The molecule has 0 atom stereocenters. The summed E-state index contributed by atoms with van der Waals surface area (Å²) < 4.78 is 11.5. The molecule has 0 aliphatic heterocycles. The van der Waals surface area contributed by atoms with Crippen LogP contribution < -0.4 is 14.8 Å². The highest BCUT2D eigenvalue weighted by Crippen LogP contribution is 2.33. The van der Waals surface area contributed by atoms with Crippen LogP contribution in [0.25, 0.3) is 0 Å². The van der Waals surface area contributed by atoms with E-state index < -0.39 is 0 Å². The molecule has 0 saturated heterocycles. The first kappa shape index (κ1) is 19.7. The average Bonchev–Trinajstić information content (AvgIpc) is 2.68. The Kier molecular flexibility index (Phi) is 6.73. The Labute approximate surface area is 173 Å². The molecule has 3 nitrogen and oxygen atoms in total. The second-order valence-electron chi connectivity index (χ2n) is 5.81. The summed E-state index contributed by atoms with van der Waals surface area (Å²) in [5.74, 6) is 1.34. The lowest BCUT2D eigenvalue weighted by Gasteiger charge is -2.16. The Hall–Kier alpha value is -2.07. The van der Waals surface area contributed by atoms with Crippen LogP contribution in [0.2, 0.25) is 15.1 Å². The van der Waals surface area contributed by atoms with Gasteiger partial charge in [-0.2, -0.15) is 0 Å². The van der Waals surface area contributed by atoms with Crippen molar-refractivity contribution in [3.8, 4) is 11.5 Å². The number of hydrogen-bond donors (Lipinski definition) is 1. The molecule has 0 heterocycles. The zero-order valence-electron chi connectivity index (χ0n) is 14.6. The van der Waals surface area contributed by atoms with Crippen molar-refractivity contribution in [1.29, 1.82) is 0 Å². The molecule has 0 saturated carbocycles. The van der Waals surface area contributed by atoms with Crippen LogP contribution in [0, 0.1) is 0 Å². The van der Waals surface area contributed by atoms with Crippen molar-refractivity contribution in [2.45, 2.75) is 13.2 Å². The quantitative estimate of drug-likeness (QED) is 0.452. The maximum Gasteiger partial charge on any atom is 0.166 e. The molecule has 6 heteroatoms. The van der Waals surface area contributed by atoms with E-state index in [1.54, 1.807) is 19.2 Å². The number of hydrogen-bond acceptors (Lipinski definition) is 3. The summed E-state index contributed by atoms with van der Waals surface area (Å²) >= 11 is 18.3. The molecule has 0 aliphatic rings. The molecule has 3 rings (SSSR count). The number of anilines is 1. The van der Waals surface area contributed by atoms with Crippen LogP contribution in [-0.2, 0) is 13.2 Å². The van der Waals surface area contributed by atoms with Crippen molar-refractivity contribution in [3.05, 3.63) is 86.9 Å². The number of nitrogens with one attached hydrogen (secondary N) is 1. The zero-order chi connectivity index (χ0) is 19.2. The molecule has 3 aromatic rings. The van der Waals surface area contributed by atoms with Gasteiger partial charge in [-0.1, -0.05) is 65.1 Å². The summed E-state index contributed by atoms with van der Waals surface area (Å²) in [5, 5.41) is 5.02. The lowest BCUT2D eigenvalue weighted by Crippen LogP contribution is -2.05. The standard InChI is InChI=1S/C21H18Cl3NO2/c1-26-20-8-4-6-14(12-25-16-9-10-18(23)19(24)11-16)21(20)27-13-15-5-2-3-7-17(15)22/h2-11,25H,12-13H2,1H3. The van der Waals surface area contributed by atoms with Gasteiger partial charge in [0.05, 0.1) is 17.2 Å². The molecule has 140 valence electrons. The van der Waals surface area contributed by atoms with Crippen molar-refractivity contribution in [2.75, 3.05) is 12.4 Å². The molecule has 0 amide bonds. The molecule has 0 spiro atoms. The monoisotopic (exact) mass is 421 g/mol. The van der Waals surface area contributed by atoms with Gasteiger partial charge in [0.25, 0.3) is 0 Å². The number of ether oxygens (including phenoxy) is 2. The van der Waals surface area contributed by atoms with Gasteiger partial charge in [-0.15, -0.1) is 0 Å². The maximum atomic E-state index is 6.23. The smallest absolute Gasteiger partial charge is 0.166 e. The van der Waals surface area contributed by atoms with E-state index >= 15 is 0 Å². The Morgan fingerprint density at radius 3 is 2.33 bits per heavy atom. The third-order valence-electron chi connectivity index (χ3n) is 4.01. The largest absolute Gasteiger partial charge is 0.493 e. The topological polar surface area (TPSA) is 30.5 Å². The minimum Gasteiger partial charge on any atom is -0.493 e. The fourth-order valence-electron chi connectivity index (χ4n) is 2.59. The van der Waals surface area contributed by atoms with Gasteiger partial charge in [-0.3, -0.25) is 0 Å². The molecule has 0 fully saturated rings. The second-order valence-corrected chi connectivity index (χ2v) is 7.03. The van der Waals surface area contributed by atoms with Crippen LogP contribution in [0.1, 0.15) is 11.1 Å². The number of methoxy groups -OCH3 is 1. The first-order chi connectivity index (χ1) is 13.1. The Morgan fingerprint density at radius 1 is 0.815 bits per heavy atom. The highest BCUT2D eigenvalue weighted by molar-refractivity contribution is 6.42. The van der Waals surface area contributed by atoms with Crippen LogP contribution in [0.4, 0.5) is 5.69 Å². The predicted octanol–water partition coefficient (Wildman–Crippen LogP) is 6.85. The van der Waals surface area contributed by atoms with Crippen molar-refractivity contribution in [2.24, 2.45) is 0 Å². The van der Waals surface area contributed by atoms with Gasteiger partial charge in [0.2, 0.25) is 0 Å². The Morgan fingerprint density at radius 2 is 1.59 bits per heavy atom. The van der Waals surface area contributed by atoms with Gasteiger partial charge in [0.15, 0.2) is 11.5 Å². The third-order valence-corrected chi connectivity index (χ3v) is 5.12. The highest BCUT2D eigenvalue weighted by Gasteiger charge is 2.12. The summed E-state index contributed by atoms with van der Waals surface area (Å²) in [6.07, 6.45) is 0. The van der Waals surface area contributed by atoms with Crippen LogP contribution in [0.3, 0.4) is 0 Å². The van der Waals surface area contributed by atoms with Crippen LogP contribution in [0.15, 0.2) is 60.7 Å². The van der Waals surface area contributed by atoms with Gasteiger partial charge < -0.3 is 14.8 Å².